The van der Waals surface area contributed by atoms with Crippen molar-refractivity contribution in [3.05, 3.63) is 29.3 Å². The van der Waals surface area contributed by atoms with Crippen LogP contribution in [0.3, 0.4) is 0 Å². The first-order chi connectivity index (χ1) is 13.0. The molecule has 0 bridgehead atoms. The minimum atomic E-state index is -0.212. The lowest BCUT2D eigenvalue weighted by Crippen LogP contribution is -2.50. The summed E-state index contributed by atoms with van der Waals surface area (Å²) in [6.07, 6.45) is 6.05. The number of carbonyl (C=O) groups is 2. The summed E-state index contributed by atoms with van der Waals surface area (Å²) in [7, 11) is 4.26. The van der Waals surface area contributed by atoms with Crippen LogP contribution in [0.2, 0.25) is 0 Å². The van der Waals surface area contributed by atoms with E-state index < -0.39 is 0 Å². The second-order valence-corrected chi connectivity index (χ2v) is 8.27. The quantitative estimate of drug-likeness (QED) is 0.821. The average Bonchev–Trinajstić information content (AvgIpc) is 3.05. The number of likely N-dealkylation sites (N-methyl/N-ethyl adjacent to an activating group) is 1. The molecule has 1 saturated heterocycles. The molecule has 3 atom stereocenters. The molecule has 27 heavy (non-hydrogen) atoms. The molecule has 1 saturated carbocycles. The molecule has 6 heteroatoms. The number of hydrogen-bond donors (Lipinski definition) is 1. The van der Waals surface area contributed by atoms with Crippen molar-refractivity contribution in [2.45, 2.75) is 69.8 Å². The highest BCUT2D eigenvalue weighted by molar-refractivity contribution is 6.00. The number of amides is 2. The molecule has 0 spiro atoms. The van der Waals surface area contributed by atoms with Crippen LogP contribution in [-0.2, 0) is 22.7 Å². The molecule has 146 valence electrons. The summed E-state index contributed by atoms with van der Waals surface area (Å²) in [6.45, 7) is 1.49. The molecule has 1 aromatic rings. The van der Waals surface area contributed by atoms with Gasteiger partial charge in [0.05, 0.1) is 6.04 Å². The van der Waals surface area contributed by atoms with Crippen molar-refractivity contribution in [2.75, 3.05) is 14.1 Å². The molecule has 1 aromatic carbocycles. The Morgan fingerprint density at radius 1 is 1.07 bits per heavy atom. The second kappa shape index (κ2) is 7.60. The maximum Gasteiger partial charge on any atom is 0.243 e. The third-order valence-corrected chi connectivity index (χ3v) is 6.19. The van der Waals surface area contributed by atoms with Gasteiger partial charge in [-0.25, -0.2) is 0 Å². The summed E-state index contributed by atoms with van der Waals surface area (Å²) >= 11 is 0. The average molecular weight is 371 g/mol. The van der Waals surface area contributed by atoms with E-state index >= 15 is 0 Å². The highest BCUT2D eigenvalue weighted by Crippen LogP contribution is 2.32. The van der Waals surface area contributed by atoms with Crippen molar-refractivity contribution < 1.29 is 14.3 Å². The van der Waals surface area contributed by atoms with E-state index in [4.69, 9.17) is 4.74 Å². The molecule has 2 heterocycles. The van der Waals surface area contributed by atoms with Gasteiger partial charge < -0.3 is 9.64 Å². The Hall–Kier alpha value is -1.92. The first-order valence-corrected chi connectivity index (χ1v) is 10.0. The maximum absolute atomic E-state index is 12.2. The summed E-state index contributed by atoms with van der Waals surface area (Å²) in [6, 6.07) is 6.59. The molecule has 1 N–H and O–H groups in total. The Labute approximate surface area is 160 Å². The van der Waals surface area contributed by atoms with Crippen molar-refractivity contribution in [3.8, 4) is 5.75 Å². The number of rotatable bonds is 4. The summed E-state index contributed by atoms with van der Waals surface area (Å²) in [4.78, 5) is 28.0. The lowest BCUT2D eigenvalue weighted by molar-refractivity contribution is -0.137. The normalized spacial score (nSPS) is 28.9. The number of fused-ring (bicyclic) bond motifs is 1. The van der Waals surface area contributed by atoms with E-state index in [1.807, 2.05) is 0 Å². The van der Waals surface area contributed by atoms with E-state index in [1.165, 1.54) is 30.4 Å². The number of ether oxygens (including phenoxy) is 1. The van der Waals surface area contributed by atoms with E-state index in [0.717, 1.165) is 25.3 Å². The number of nitrogens with one attached hydrogen (secondary N) is 1. The van der Waals surface area contributed by atoms with E-state index in [2.05, 4.69) is 47.4 Å². The molecule has 0 aromatic heterocycles. The predicted molar refractivity (Wildman–Crippen MR) is 102 cm³/mol. The van der Waals surface area contributed by atoms with Crippen LogP contribution in [0.5, 0.6) is 5.75 Å². The fourth-order valence-electron chi connectivity index (χ4n) is 4.70. The molecular weight excluding hydrogens is 342 g/mol. The van der Waals surface area contributed by atoms with Crippen molar-refractivity contribution in [3.63, 3.8) is 0 Å². The van der Waals surface area contributed by atoms with Gasteiger partial charge in [-0.3, -0.25) is 19.8 Å². The van der Waals surface area contributed by atoms with E-state index in [1.54, 1.807) is 0 Å². The van der Waals surface area contributed by atoms with Crippen LogP contribution >= 0.6 is 0 Å². The number of nitrogens with zero attached hydrogens (tertiary/aromatic N) is 2. The zero-order valence-corrected chi connectivity index (χ0v) is 16.2. The summed E-state index contributed by atoms with van der Waals surface area (Å²) in [5, 5.41) is 2.47. The minimum absolute atomic E-state index is 0.161. The van der Waals surface area contributed by atoms with E-state index in [0.29, 0.717) is 18.9 Å². The van der Waals surface area contributed by atoms with Crippen LogP contribution < -0.4 is 10.1 Å². The number of imide groups is 1. The van der Waals surface area contributed by atoms with Gasteiger partial charge in [-0.1, -0.05) is 12.5 Å². The van der Waals surface area contributed by atoms with Crippen molar-refractivity contribution in [1.82, 2.24) is 15.1 Å². The van der Waals surface area contributed by atoms with Crippen LogP contribution in [0.25, 0.3) is 0 Å². The van der Waals surface area contributed by atoms with Gasteiger partial charge in [0, 0.05) is 25.6 Å². The van der Waals surface area contributed by atoms with Gasteiger partial charge >= 0.3 is 0 Å². The highest BCUT2D eigenvalue weighted by Gasteiger charge is 2.35. The van der Waals surface area contributed by atoms with Gasteiger partial charge in [0.15, 0.2) is 0 Å². The molecule has 6 nitrogen and oxygen atoms in total. The lowest BCUT2D eigenvalue weighted by atomic mass is 9.91. The first-order valence-electron chi connectivity index (χ1n) is 10.0. The molecule has 2 fully saturated rings. The third kappa shape index (κ3) is 3.87. The largest absolute Gasteiger partial charge is 0.489 e. The fraction of sp³-hybridized carbons (Fsp3) is 0.619. The number of carbonyl (C=O) groups excluding carboxylic acids is 2. The van der Waals surface area contributed by atoms with E-state index in [-0.39, 0.29) is 24.0 Å². The maximum atomic E-state index is 12.2. The standard InChI is InChI=1S/C21H29N3O3/c1-23(2)17-5-3-4-6-19(17)27-16-8-7-14-12-24(13-15(14)11-16)18-9-10-20(25)22-21(18)26/h7-8,11,17-19H,3-6,9-10,12-13H2,1-2H3,(H,22,25,26)/t17-,18?,19-/m0/s1. The molecule has 3 aliphatic rings. The zero-order chi connectivity index (χ0) is 19.0. The second-order valence-electron chi connectivity index (χ2n) is 8.27. The smallest absolute Gasteiger partial charge is 0.243 e. The molecule has 0 radical (unpaired) electrons. The van der Waals surface area contributed by atoms with Crippen LogP contribution in [0.15, 0.2) is 18.2 Å². The Morgan fingerprint density at radius 2 is 1.85 bits per heavy atom. The summed E-state index contributed by atoms with van der Waals surface area (Å²) < 4.78 is 6.39. The fourth-order valence-corrected chi connectivity index (χ4v) is 4.70. The van der Waals surface area contributed by atoms with Gasteiger partial charge in [-0.2, -0.15) is 0 Å². The predicted octanol–water partition coefficient (Wildman–Crippen LogP) is 2.06. The SMILES string of the molecule is CN(C)[C@H]1CCCC[C@@H]1Oc1ccc2c(c1)CN(C1CCC(=O)NC1=O)C2. The van der Waals surface area contributed by atoms with Gasteiger partial charge in [0.2, 0.25) is 11.8 Å². The van der Waals surface area contributed by atoms with Crippen molar-refractivity contribution >= 4 is 11.8 Å². The Balaban J connectivity index is 1.44. The van der Waals surface area contributed by atoms with Gasteiger partial charge in [0.1, 0.15) is 11.9 Å². The minimum Gasteiger partial charge on any atom is -0.489 e. The molecule has 2 aliphatic heterocycles. The summed E-state index contributed by atoms with van der Waals surface area (Å²) in [5.74, 6) is 0.607. The first kappa shape index (κ1) is 18.4. The molecular formula is C21H29N3O3. The van der Waals surface area contributed by atoms with Crippen LogP contribution in [0.4, 0.5) is 0 Å². The summed E-state index contributed by atoms with van der Waals surface area (Å²) in [5.41, 5.74) is 2.48. The van der Waals surface area contributed by atoms with Crippen LogP contribution in [0, 0.1) is 0 Å². The number of piperidine rings is 1. The van der Waals surface area contributed by atoms with Gasteiger partial charge in [-0.05, 0) is 63.0 Å². The third-order valence-electron chi connectivity index (χ3n) is 6.19. The van der Waals surface area contributed by atoms with Gasteiger partial charge in [0.25, 0.3) is 0 Å². The molecule has 4 rings (SSSR count). The molecule has 1 aliphatic carbocycles. The lowest BCUT2D eigenvalue weighted by Gasteiger charge is -2.36. The van der Waals surface area contributed by atoms with E-state index in [9.17, 15) is 9.59 Å². The van der Waals surface area contributed by atoms with Crippen molar-refractivity contribution in [2.24, 2.45) is 0 Å². The zero-order valence-electron chi connectivity index (χ0n) is 16.2. The number of hydrogen-bond acceptors (Lipinski definition) is 5. The Bertz CT molecular complexity index is 733. The van der Waals surface area contributed by atoms with Crippen LogP contribution in [0.1, 0.15) is 49.7 Å². The van der Waals surface area contributed by atoms with Crippen LogP contribution in [-0.4, -0.2) is 53.9 Å². The van der Waals surface area contributed by atoms with Crippen molar-refractivity contribution in [1.29, 1.82) is 0 Å². The van der Waals surface area contributed by atoms with Gasteiger partial charge in [-0.15, -0.1) is 0 Å². The number of benzene rings is 1. The Kier molecular flexibility index (Phi) is 5.19. The Morgan fingerprint density at radius 3 is 2.63 bits per heavy atom. The monoisotopic (exact) mass is 371 g/mol. The molecule has 1 unspecified atom stereocenters. The highest BCUT2D eigenvalue weighted by atomic mass is 16.5. The molecule has 2 amide bonds. The topological polar surface area (TPSA) is 61.9 Å².